The van der Waals surface area contributed by atoms with Gasteiger partial charge in [0.15, 0.2) is 10.3 Å². The molecule has 11 nitrogen and oxygen atoms in total. The van der Waals surface area contributed by atoms with Crippen molar-refractivity contribution in [3.05, 3.63) is 221 Å². The molecule has 1 amide bonds. The molecule has 6 aliphatic heterocycles. The Labute approximate surface area is 529 Å². The molecule has 4 aromatic carbocycles. The summed E-state index contributed by atoms with van der Waals surface area (Å²) in [5, 5.41) is 17.7. The Kier molecular flexibility index (Phi) is 19.7. The number of thioether (sulfide) groups is 2. The van der Waals surface area contributed by atoms with Crippen LogP contribution in [-0.2, 0) is 33.5 Å². The lowest BCUT2D eigenvalue weighted by molar-refractivity contribution is -0.132. The Morgan fingerprint density at radius 2 is 0.953 bits per heavy atom. The fourth-order valence-electron chi connectivity index (χ4n) is 13.1. The van der Waals surface area contributed by atoms with Crippen molar-refractivity contribution in [3.63, 3.8) is 0 Å². The largest absolute Gasteiger partial charge is 0.477 e. The van der Waals surface area contributed by atoms with Gasteiger partial charge in [-0.15, -0.1) is 0 Å². The SMILES string of the molecule is CC(C)C1=C(C(=O)O)SC2=N[C@@](C)(c3ccc(Cl)cc3)[C@@H](c3ccc(Cl)cc3)N21.CC[C@@H]1CC[C@@H](Cc2ccncc2)N1.CC[C@@H]1CC[C@@H](Cc2ccncc2)N1C(=O)C1=C(C(C)C)N2C(=N[C@@](C)(c3ccc(Cl)cc3)[C@H]2c2ccc(Cl)cc2)S1. The number of carboxylic acids is 1. The smallest absolute Gasteiger partial charge is 0.344 e. The van der Waals surface area contributed by atoms with Crippen molar-refractivity contribution >= 4 is 92.1 Å². The molecule has 2 fully saturated rings. The molecule has 0 radical (unpaired) electrons. The van der Waals surface area contributed by atoms with Crippen LogP contribution in [0.2, 0.25) is 20.1 Å². The molecule has 0 bridgehead atoms. The van der Waals surface area contributed by atoms with Gasteiger partial charge in [0.2, 0.25) is 0 Å². The summed E-state index contributed by atoms with van der Waals surface area (Å²) in [5.41, 5.74) is 7.48. The molecule has 2 saturated heterocycles. The number of nitrogens with one attached hydrogen (secondary N) is 1. The highest BCUT2D eigenvalue weighted by molar-refractivity contribution is 8.18. The summed E-state index contributed by atoms with van der Waals surface area (Å²) in [5.74, 6) is -0.636. The summed E-state index contributed by atoms with van der Waals surface area (Å²) in [7, 11) is 0. The Bertz CT molecular complexity index is 3480. The zero-order valence-electron chi connectivity index (χ0n) is 49.4. The zero-order chi connectivity index (χ0) is 60.3. The van der Waals surface area contributed by atoms with Gasteiger partial charge in [-0.3, -0.25) is 14.8 Å². The molecule has 8 heterocycles. The van der Waals surface area contributed by atoms with Crippen LogP contribution in [0.5, 0.6) is 0 Å². The average molecular weight is 1260 g/mol. The Balaban J connectivity index is 0.000000160. The number of pyridine rings is 2. The van der Waals surface area contributed by atoms with E-state index in [0.29, 0.717) is 36.2 Å². The lowest BCUT2D eigenvalue weighted by Gasteiger charge is -2.37. The van der Waals surface area contributed by atoms with Crippen molar-refractivity contribution < 1.29 is 14.7 Å². The highest BCUT2D eigenvalue weighted by Crippen LogP contribution is 2.58. The summed E-state index contributed by atoms with van der Waals surface area (Å²) in [4.78, 5) is 53.0. The average Bonchev–Trinajstić information content (AvgIpc) is 1.92. The van der Waals surface area contributed by atoms with Crippen molar-refractivity contribution in [1.82, 2.24) is 30.0 Å². The number of carboxylic acid groups (broad SMARTS) is 1. The van der Waals surface area contributed by atoms with Gasteiger partial charge in [0.1, 0.15) is 20.9 Å². The van der Waals surface area contributed by atoms with E-state index in [1.54, 1.807) is 0 Å². The van der Waals surface area contributed by atoms with Gasteiger partial charge in [-0.05, 0) is 207 Å². The van der Waals surface area contributed by atoms with Gasteiger partial charge < -0.3 is 25.1 Å². The van der Waals surface area contributed by atoms with Crippen molar-refractivity contribution in [1.29, 1.82) is 0 Å². The summed E-state index contributed by atoms with van der Waals surface area (Å²) in [6.45, 7) is 17.1. The van der Waals surface area contributed by atoms with Crippen molar-refractivity contribution in [3.8, 4) is 0 Å². The maximum absolute atomic E-state index is 14.6. The zero-order valence-corrected chi connectivity index (χ0v) is 54.0. The van der Waals surface area contributed by atoms with E-state index in [9.17, 15) is 14.7 Å². The van der Waals surface area contributed by atoms with Gasteiger partial charge in [-0.1, -0.05) is 136 Å². The number of carbonyl (C=O) groups is 2. The van der Waals surface area contributed by atoms with E-state index in [2.05, 4.69) is 120 Å². The number of likely N-dealkylation sites (tertiary alicyclic amines) is 1. The number of fused-ring (bicyclic) bond motifs is 2. The molecular weight excluding hydrogens is 1180 g/mol. The maximum atomic E-state index is 14.6. The third-order valence-corrected chi connectivity index (χ3v) is 20.5. The quantitative estimate of drug-likeness (QED) is 0.109. The van der Waals surface area contributed by atoms with Crippen molar-refractivity contribution in [2.45, 2.75) is 154 Å². The molecule has 0 aliphatic carbocycles. The van der Waals surface area contributed by atoms with E-state index in [0.717, 1.165) is 81.9 Å². The molecule has 8 atom stereocenters. The fourth-order valence-corrected chi connectivity index (χ4v) is 16.2. The van der Waals surface area contributed by atoms with E-state index in [1.807, 2.05) is 111 Å². The number of halogens is 4. The normalized spacial score (nSPS) is 25.0. The number of aliphatic imine (C=N–C) groups is 2. The van der Waals surface area contributed by atoms with Gasteiger partial charge >= 0.3 is 5.97 Å². The molecular formula is C68H74Cl4N8O3S2. The van der Waals surface area contributed by atoms with Crippen LogP contribution < -0.4 is 5.32 Å². The van der Waals surface area contributed by atoms with Gasteiger partial charge in [-0.2, -0.15) is 0 Å². The first-order valence-corrected chi connectivity index (χ1v) is 32.7. The number of hydrogen-bond donors (Lipinski definition) is 2. The number of allylic oxidation sites excluding steroid dienone is 2. The van der Waals surface area contributed by atoms with Gasteiger partial charge in [0.05, 0.1) is 12.1 Å². The lowest BCUT2D eigenvalue weighted by Crippen LogP contribution is -2.43. The second-order valence-corrected chi connectivity index (χ2v) is 27.4. The van der Waals surface area contributed by atoms with Crippen LogP contribution in [0, 0.1) is 11.8 Å². The molecule has 2 aromatic heterocycles. The fraction of sp³-hybridized carbons (Fsp3) is 0.382. The second kappa shape index (κ2) is 26.8. The van der Waals surface area contributed by atoms with Crippen LogP contribution in [0.1, 0.15) is 139 Å². The van der Waals surface area contributed by atoms with E-state index >= 15 is 0 Å². The summed E-state index contributed by atoms with van der Waals surface area (Å²) in [6, 6.07) is 41.2. The minimum absolute atomic E-state index is 0.0312. The predicted octanol–water partition coefficient (Wildman–Crippen LogP) is 17.1. The number of rotatable bonds is 14. The second-order valence-electron chi connectivity index (χ2n) is 23.7. The van der Waals surface area contributed by atoms with Crippen LogP contribution in [-0.4, -0.2) is 76.2 Å². The molecule has 17 heteroatoms. The monoisotopic (exact) mass is 1250 g/mol. The number of aromatic nitrogens is 2. The van der Waals surface area contributed by atoms with E-state index < -0.39 is 17.0 Å². The van der Waals surface area contributed by atoms with Crippen LogP contribution in [0.15, 0.2) is 177 Å². The predicted molar refractivity (Wildman–Crippen MR) is 351 cm³/mol. The molecule has 0 unspecified atom stereocenters. The number of aliphatic carboxylic acids is 1. The molecule has 85 heavy (non-hydrogen) atoms. The minimum Gasteiger partial charge on any atom is -0.477 e. The molecule has 6 aliphatic rings. The Morgan fingerprint density at radius 1 is 0.553 bits per heavy atom. The molecule has 444 valence electrons. The number of nitrogens with zero attached hydrogens (tertiary/aromatic N) is 7. The van der Waals surface area contributed by atoms with Crippen LogP contribution >= 0.6 is 69.9 Å². The summed E-state index contributed by atoms with van der Waals surface area (Å²) in [6.07, 6.45) is 16.3. The van der Waals surface area contributed by atoms with Gasteiger partial charge in [-0.25, -0.2) is 14.8 Å². The first-order valence-electron chi connectivity index (χ1n) is 29.6. The number of benzene rings is 4. The number of carbonyl (C=O) groups excluding carboxylic acids is 1. The summed E-state index contributed by atoms with van der Waals surface area (Å²) >= 11 is 27.6. The minimum atomic E-state index is -0.918. The van der Waals surface area contributed by atoms with E-state index in [1.165, 1.54) is 53.9 Å². The van der Waals surface area contributed by atoms with Gasteiger partial charge in [0.25, 0.3) is 5.91 Å². The van der Waals surface area contributed by atoms with Crippen LogP contribution in [0.3, 0.4) is 0 Å². The summed E-state index contributed by atoms with van der Waals surface area (Å²) < 4.78 is 0. The first-order chi connectivity index (χ1) is 40.8. The highest BCUT2D eigenvalue weighted by atomic mass is 35.5. The molecule has 0 spiro atoms. The van der Waals surface area contributed by atoms with Crippen LogP contribution in [0.4, 0.5) is 0 Å². The van der Waals surface area contributed by atoms with Crippen molar-refractivity contribution in [2.24, 2.45) is 21.8 Å². The standard InChI is InChI=1S/C34H36Cl2N4OS.C22H20Cl2N2O2S.C12H18N2/c1-5-27-14-15-28(20-22-16-18-37-19-17-22)39(27)32(41)30-29(21(2)3)40-31(23-6-10-25(35)11-7-23)34(4,38-33(40)42-30)24-8-12-26(36)13-9-24;1-12(2)17-18(20(27)28)29-21-25-22(3,14-6-10-16(24)11-7-14)19(26(17)21)13-4-8-15(23)9-5-13;1-2-11-3-4-12(14-11)9-10-5-7-13-8-6-10/h6-13,16-19,21,27-28,31H,5,14-15,20H2,1-4H3;4-12,19H,1-3H3,(H,27,28);5-8,11-12,14H,2-4,9H2,1H3/t27-,28+,31-,34+;19-,22+;11-,12+/m111/s1. The van der Waals surface area contributed by atoms with Crippen molar-refractivity contribution in [2.75, 3.05) is 0 Å². The highest BCUT2D eigenvalue weighted by Gasteiger charge is 2.55. The Morgan fingerprint density at radius 3 is 1.36 bits per heavy atom. The topological polar surface area (TPSA) is 127 Å². The Hall–Kier alpha value is -5.64. The lowest BCUT2D eigenvalue weighted by atomic mass is 9.81. The van der Waals surface area contributed by atoms with Gasteiger partial charge in [0, 0.05) is 80.4 Å². The molecule has 2 N–H and O–H groups in total. The van der Waals surface area contributed by atoms with Crippen LogP contribution in [0.25, 0.3) is 0 Å². The number of amides is 1. The maximum Gasteiger partial charge on any atom is 0.344 e. The number of hydrogen-bond acceptors (Lipinski definition) is 11. The van der Waals surface area contributed by atoms with E-state index in [4.69, 9.17) is 56.4 Å². The third-order valence-electron chi connectivity index (χ3n) is 17.3. The number of amidine groups is 2. The molecule has 6 aromatic rings. The first kappa shape index (κ1) is 62.4. The van der Waals surface area contributed by atoms with E-state index in [-0.39, 0.29) is 41.9 Å². The molecule has 12 rings (SSSR count). The molecule has 0 saturated carbocycles. The third kappa shape index (κ3) is 13.2.